The van der Waals surface area contributed by atoms with Gasteiger partial charge in [0.25, 0.3) is 0 Å². The fourth-order valence-electron chi connectivity index (χ4n) is 2.56. The number of hydrogen-bond acceptors (Lipinski definition) is 6. The van der Waals surface area contributed by atoms with Crippen LogP contribution in [0.25, 0.3) is 0 Å². The average Bonchev–Trinajstić information content (AvgIpc) is 2.95. The SMILES string of the molecule is CCOC(=O)Cc1csc(NC(=O)C(C)SC2CCCCC2)n1. The Morgan fingerprint density at radius 1 is 1.43 bits per heavy atom. The number of amides is 1. The van der Waals surface area contributed by atoms with Gasteiger partial charge >= 0.3 is 5.97 Å². The lowest BCUT2D eigenvalue weighted by molar-refractivity contribution is -0.142. The number of rotatable bonds is 7. The molecule has 1 fully saturated rings. The molecule has 1 saturated carbocycles. The third kappa shape index (κ3) is 6.14. The van der Waals surface area contributed by atoms with Gasteiger partial charge in [0, 0.05) is 10.6 Å². The minimum absolute atomic E-state index is 0.0161. The average molecular weight is 357 g/mol. The lowest BCUT2D eigenvalue weighted by Gasteiger charge is -2.23. The van der Waals surface area contributed by atoms with E-state index < -0.39 is 0 Å². The number of nitrogens with zero attached hydrogens (tertiary/aromatic N) is 1. The molecule has 1 aliphatic rings. The maximum Gasteiger partial charge on any atom is 0.311 e. The van der Waals surface area contributed by atoms with Gasteiger partial charge in [-0.15, -0.1) is 23.1 Å². The number of aromatic nitrogens is 1. The van der Waals surface area contributed by atoms with Gasteiger partial charge in [-0.25, -0.2) is 4.98 Å². The fourth-order valence-corrected chi connectivity index (χ4v) is 4.64. The summed E-state index contributed by atoms with van der Waals surface area (Å²) in [5.41, 5.74) is 0.635. The Kier molecular flexibility index (Phi) is 7.36. The maximum absolute atomic E-state index is 12.3. The van der Waals surface area contributed by atoms with Crippen LogP contribution in [0.3, 0.4) is 0 Å². The Bertz CT molecular complexity index is 527. The first-order valence-electron chi connectivity index (χ1n) is 8.14. The van der Waals surface area contributed by atoms with E-state index >= 15 is 0 Å². The van der Waals surface area contributed by atoms with Crippen molar-refractivity contribution in [2.24, 2.45) is 0 Å². The van der Waals surface area contributed by atoms with Gasteiger partial charge in [0.2, 0.25) is 5.91 Å². The second-order valence-corrected chi connectivity index (χ2v) is 8.16. The first kappa shape index (κ1) is 18.3. The van der Waals surface area contributed by atoms with E-state index in [1.807, 2.05) is 6.92 Å². The summed E-state index contributed by atoms with van der Waals surface area (Å²) in [4.78, 5) is 28.0. The highest BCUT2D eigenvalue weighted by Crippen LogP contribution is 2.31. The van der Waals surface area contributed by atoms with Crippen LogP contribution in [0.5, 0.6) is 0 Å². The van der Waals surface area contributed by atoms with Crippen LogP contribution in [0.15, 0.2) is 5.38 Å². The molecule has 0 bridgehead atoms. The molecule has 1 unspecified atom stereocenters. The van der Waals surface area contributed by atoms with Gasteiger partial charge in [-0.3, -0.25) is 9.59 Å². The standard InChI is InChI=1S/C16H24N2O3S2/c1-3-21-14(19)9-12-10-22-16(17-12)18-15(20)11(2)23-13-7-5-4-6-8-13/h10-11,13H,3-9H2,1-2H3,(H,17,18,20). The van der Waals surface area contributed by atoms with Crippen LogP contribution in [0.1, 0.15) is 51.6 Å². The van der Waals surface area contributed by atoms with Gasteiger partial charge in [-0.1, -0.05) is 19.3 Å². The number of carbonyl (C=O) groups is 2. The zero-order valence-corrected chi connectivity index (χ0v) is 15.3. The third-order valence-electron chi connectivity index (χ3n) is 3.73. The molecule has 1 heterocycles. The minimum atomic E-state index is -0.295. The molecule has 5 nitrogen and oxygen atoms in total. The molecule has 0 aromatic carbocycles. The van der Waals surface area contributed by atoms with E-state index in [0.29, 0.717) is 22.7 Å². The maximum atomic E-state index is 12.3. The van der Waals surface area contributed by atoms with Crippen molar-refractivity contribution in [2.75, 3.05) is 11.9 Å². The van der Waals surface area contributed by atoms with Crippen LogP contribution >= 0.6 is 23.1 Å². The highest BCUT2D eigenvalue weighted by atomic mass is 32.2. The molecule has 23 heavy (non-hydrogen) atoms. The zero-order valence-electron chi connectivity index (χ0n) is 13.7. The van der Waals surface area contributed by atoms with Crippen LogP contribution in [-0.2, 0) is 20.7 Å². The van der Waals surface area contributed by atoms with E-state index in [2.05, 4.69) is 10.3 Å². The molecule has 0 aliphatic heterocycles. The van der Waals surface area contributed by atoms with Crippen molar-refractivity contribution in [2.45, 2.75) is 62.9 Å². The van der Waals surface area contributed by atoms with Crippen molar-refractivity contribution >= 4 is 40.1 Å². The molecular weight excluding hydrogens is 332 g/mol. The summed E-state index contributed by atoms with van der Waals surface area (Å²) >= 11 is 3.10. The first-order valence-corrected chi connectivity index (χ1v) is 9.97. The summed E-state index contributed by atoms with van der Waals surface area (Å²) in [6.45, 7) is 4.08. The quantitative estimate of drug-likeness (QED) is 0.756. The van der Waals surface area contributed by atoms with Gasteiger partial charge < -0.3 is 10.1 Å². The summed E-state index contributed by atoms with van der Waals surface area (Å²) < 4.78 is 4.89. The Balaban J connectivity index is 1.80. The Hall–Kier alpha value is -1.08. The number of esters is 1. The van der Waals surface area contributed by atoms with Gasteiger partial charge in [-0.05, 0) is 26.7 Å². The van der Waals surface area contributed by atoms with Crippen molar-refractivity contribution in [3.8, 4) is 0 Å². The van der Waals surface area contributed by atoms with E-state index in [-0.39, 0.29) is 23.5 Å². The van der Waals surface area contributed by atoms with Gasteiger partial charge in [0.1, 0.15) is 0 Å². The molecule has 2 rings (SSSR count). The summed E-state index contributed by atoms with van der Waals surface area (Å²) in [5.74, 6) is -0.311. The molecule has 1 amide bonds. The molecule has 1 aromatic heterocycles. The minimum Gasteiger partial charge on any atom is -0.466 e. The number of thioether (sulfide) groups is 1. The third-order valence-corrected chi connectivity index (χ3v) is 6.02. The number of nitrogens with one attached hydrogen (secondary N) is 1. The number of anilines is 1. The van der Waals surface area contributed by atoms with Gasteiger partial charge in [-0.2, -0.15) is 0 Å². The highest BCUT2D eigenvalue weighted by molar-refractivity contribution is 8.01. The smallest absolute Gasteiger partial charge is 0.311 e. The summed E-state index contributed by atoms with van der Waals surface area (Å²) in [6, 6.07) is 0. The lowest BCUT2D eigenvalue weighted by Crippen LogP contribution is -2.25. The second-order valence-electron chi connectivity index (χ2n) is 5.65. The Labute approximate surface area is 145 Å². The Morgan fingerprint density at radius 3 is 2.87 bits per heavy atom. The monoisotopic (exact) mass is 356 g/mol. The van der Waals surface area contributed by atoms with Crippen LogP contribution in [0.4, 0.5) is 5.13 Å². The number of hydrogen-bond donors (Lipinski definition) is 1. The topological polar surface area (TPSA) is 68.3 Å². The van der Waals surface area contributed by atoms with Crippen LogP contribution < -0.4 is 5.32 Å². The van der Waals surface area contributed by atoms with E-state index in [4.69, 9.17) is 4.74 Å². The molecular formula is C16H24N2O3S2. The molecule has 1 aliphatic carbocycles. The largest absolute Gasteiger partial charge is 0.466 e. The molecule has 7 heteroatoms. The number of thiazole rings is 1. The molecule has 1 aromatic rings. The first-order chi connectivity index (χ1) is 11.1. The van der Waals surface area contributed by atoms with E-state index in [1.165, 1.54) is 43.4 Å². The summed E-state index contributed by atoms with van der Waals surface area (Å²) in [5, 5.41) is 5.69. The Morgan fingerprint density at radius 2 is 2.17 bits per heavy atom. The zero-order chi connectivity index (χ0) is 16.7. The van der Waals surface area contributed by atoms with Crippen LogP contribution in [-0.4, -0.2) is 34.0 Å². The fraction of sp³-hybridized carbons (Fsp3) is 0.688. The normalized spacial score (nSPS) is 16.8. The van der Waals surface area contributed by atoms with Crippen molar-refractivity contribution in [3.05, 3.63) is 11.1 Å². The van der Waals surface area contributed by atoms with Crippen molar-refractivity contribution in [3.63, 3.8) is 0 Å². The molecule has 128 valence electrons. The summed E-state index contributed by atoms with van der Waals surface area (Å²) in [7, 11) is 0. The van der Waals surface area contributed by atoms with Crippen molar-refractivity contribution in [1.82, 2.24) is 4.98 Å². The molecule has 0 spiro atoms. The van der Waals surface area contributed by atoms with Crippen LogP contribution in [0.2, 0.25) is 0 Å². The van der Waals surface area contributed by atoms with Crippen molar-refractivity contribution in [1.29, 1.82) is 0 Å². The molecule has 0 saturated heterocycles. The number of carbonyl (C=O) groups excluding carboxylic acids is 2. The van der Waals surface area contributed by atoms with Gasteiger partial charge in [0.15, 0.2) is 5.13 Å². The van der Waals surface area contributed by atoms with E-state index in [9.17, 15) is 9.59 Å². The predicted molar refractivity (Wildman–Crippen MR) is 95.0 cm³/mol. The van der Waals surface area contributed by atoms with E-state index in [0.717, 1.165) is 0 Å². The van der Waals surface area contributed by atoms with Crippen LogP contribution in [0, 0.1) is 0 Å². The predicted octanol–water partition coefficient (Wildman–Crippen LogP) is 3.64. The number of ether oxygens (including phenoxy) is 1. The molecule has 0 radical (unpaired) electrons. The molecule has 1 atom stereocenters. The second kappa shape index (κ2) is 9.27. The van der Waals surface area contributed by atoms with Gasteiger partial charge in [0.05, 0.1) is 24.0 Å². The molecule has 1 N–H and O–H groups in total. The lowest BCUT2D eigenvalue weighted by atomic mass is 10.0. The summed E-state index contributed by atoms with van der Waals surface area (Å²) in [6.07, 6.45) is 6.43. The van der Waals surface area contributed by atoms with Crippen molar-refractivity contribution < 1.29 is 14.3 Å². The van der Waals surface area contributed by atoms with E-state index in [1.54, 1.807) is 24.1 Å². The highest BCUT2D eigenvalue weighted by Gasteiger charge is 2.22.